The van der Waals surface area contributed by atoms with Gasteiger partial charge in [-0.2, -0.15) is 0 Å². The standard InChI is InChI=1S/C35H33FN2O8S/c1-5-43-28-18-24(12-15-27(28)46-20-30(39)42-4)32-31(34(41)44-6-2)21(3)37-35-38(32)33(40)29(47-35)17-22-10-13-26(14-11-22)45-19-23-8-7-9-25(36)16-23/h7-18,32H,5-6,19-20H2,1-4H3/b29-17-/t32-/m1/s1. The third-order valence-electron chi connectivity index (χ3n) is 7.15. The fraction of sp³-hybridized carbons (Fsp3) is 0.257. The fourth-order valence-corrected chi connectivity index (χ4v) is 6.04. The largest absolute Gasteiger partial charge is 0.490 e. The molecule has 244 valence electrons. The topological polar surface area (TPSA) is 115 Å². The SMILES string of the molecule is CCOC(=O)C1=C(C)N=c2s/c(=C\c3ccc(OCc4cccc(F)c4)cc3)c(=O)n2[C@@H]1c1ccc(OCC(=O)OC)c(OCC)c1. The summed E-state index contributed by atoms with van der Waals surface area (Å²) in [5.74, 6) is -0.259. The lowest BCUT2D eigenvalue weighted by Crippen LogP contribution is -2.40. The van der Waals surface area contributed by atoms with E-state index < -0.39 is 18.0 Å². The van der Waals surface area contributed by atoms with Crippen LogP contribution < -0.4 is 29.1 Å². The number of nitrogens with zero attached hydrogens (tertiary/aromatic N) is 2. The van der Waals surface area contributed by atoms with Crippen LogP contribution in [0.2, 0.25) is 0 Å². The first-order chi connectivity index (χ1) is 22.7. The molecule has 0 fully saturated rings. The maximum atomic E-state index is 14.0. The Bertz CT molecular complexity index is 2000. The molecule has 0 amide bonds. The predicted octanol–water partition coefficient (Wildman–Crippen LogP) is 4.47. The zero-order valence-corrected chi connectivity index (χ0v) is 27.1. The maximum absolute atomic E-state index is 14.0. The van der Waals surface area contributed by atoms with E-state index in [-0.39, 0.29) is 36.8 Å². The van der Waals surface area contributed by atoms with Crippen molar-refractivity contribution in [3.63, 3.8) is 0 Å². The minimum atomic E-state index is -0.875. The minimum Gasteiger partial charge on any atom is -0.490 e. The van der Waals surface area contributed by atoms with Gasteiger partial charge in [-0.05, 0) is 79.9 Å². The molecule has 0 saturated heterocycles. The number of carbonyl (C=O) groups is 2. The summed E-state index contributed by atoms with van der Waals surface area (Å²) in [5.41, 5.74) is 2.31. The van der Waals surface area contributed by atoms with E-state index in [1.165, 1.54) is 35.1 Å². The van der Waals surface area contributed by atoms with Crippen LogP contribution in [-0.4, -0.2) is 43.4 Å². The summed E-state index contributed by atoms with van der Waals surface area (Å²) >= 11 is 1.20. The summed E-state index contributed by atoms with van der Waals surface area (Å²) in [7, 11) is 1.26. The molecule has 2 heterocycles. The van der Waals surface area contributed by atoms with Gasteiger partial charge < -0.3 is 23.7 Å². The second-order valence-corrected chi connectivity index (χ2v) is 11.3. The van der Waals surface area contributed by atoms with Crippen molar-refractivity contribution in [2.24, 2.45) is 4.99 Å². The van der Waals surface area contributed by atoms with Crippen molar-refractivity contribution in [3.8, 4) is 17.2 Å². The van der Waals surface area contributed by atoms with Gasteiger partial charge in [0.2, 0.25) is 0 Å². The van der Waals surface area contributed by atoms with Crippen LogP contribution in [0.15, 0.2) is 87.8 Å². The van der Waals surface area contributed by atoms with Crippen LogP contribution in [0.1, 0.15) is 43.5 Å². The molecule has 0 bridgehead atoms. The van der Waals surface area contributed by atoms with Crippen molar-refractivity contribution < 1.29 is 37.7 Å². The van der Waals surface area contributed by atoms with E-state index in [1.54, 1.807) is 69.3 Å². The number of thiazole rings is 1. The van der Waals surface area contributed by atoms with E-state index in [4.69, 9.17) is 18.9 Å². The predicted molar refractivity (Wildman–Crippen MR) is 173 cm³/mol. The van der Waals surface area contributed by atoms with Crippen LogP contribution >= 0.6 is 11.3 Å². The number of aromatic nitrogens is 1. The van der Waals surface area contributed by atoms with E-state index in [1.807, 2.05) is 12.1 Å². The molecule has 1 atom stereocenters. The minimum absolute atomic E-state index is 0.138. The van der Waals surface area contributed by atoms with E-state index in [2.05, 4.69) is 9.73 Å². The van der Waals surface area contributed by atoms with Crippen LogP contribution in [0.3, 0.4) is 0 Å². The highest BCUT2D eigenvalue weighted by Gasteiger charge is 2.34. The summed E-state index contributed by atoms with van der Waals surface area (Å²) < 4.78 is 42.7. The summed E-state index contributed by atoms with van der Waals surface area (Å²) in [5, 5.41) is 0. The molecule has 1 aliphatic rings. The molecule has 0 N–H and O–H groups in total. The first-order valence-corrected chi connectivity index (χ1v) is 15.7. The van der Waals surface area contributed by atoms with Crippen molar-refractivity contribution in [2.45, 2.75) is 33.4 Å². The van der Waals surface area contributed by atoms with Crippen molar-refractivity contribution in [1.29, 1.82) is 0 Å². The normalized spacial score (nSPS) is 14.2. The van der Waals surface area contributed by atoms with Crippen LogP contribution in [0.4, 0.5) is 4.39 Å². The fourth-order valence-electron chi connectivity index (χ4n) is 4.99. The Morgan fingerprint density at radius 2 is 1.77 bits per heavy atom. The molecule has 0 unspecified atom stereocenters. The van der Waals surface area contributed by atoms with Gasteiger partial charge in [-0.1, -0.05) is 41.7 Å². The van der Waals surface area contributed by atoms with Crippen molar-refractivity contribution >= 4 is 29.4 Å². The van der Waals surface area contributed by atoms with Gasteiger partial charge >= 0.3 is 11.9 Å². The Kier molecular flexibility index (Phi) is 10.5. The molecule has 47 heavy (non-hydrogen) atoms. The zero-order chi connectivity index (χ0) is 33.5. The summed E-state index contributed by atoms with van der Waals surface area (Å²) in [4.78, 5) is 44.0. The van der Waals surface area contributed by atoms with Crippen molar-refractivity contribution in [1.82, 2.24) is 4.57 Å². The second-order valence-electron chi connectivity index (χ2n) is 10.3. The van der Waals surface area contributed by atoms with Crippen molar-refractivity contribution in [2.75, 3.05) is 26.9 Å². The van der Waals surface area contributed by atoms with Gasteiger partial charge in [-0.15, -0.1) is 0 Å². The Morgan fingerprint density at radius 3 is 2.47 bits per heavy atom. The molecule has 0 radical (unpaired) electrons. The Balaban J connectivity index is 1.52. The second kappa shape index (κ2) is 14.9. The van der Waals surface area contributed by atoms with Gasteiger partial charge in [0, 0.05) is 0 Å². The van der Waals surface area contributed by atoms with E-state index in [0.717, 1.165) is 5.56 Å². The lowest BCUT2D eigenvalue weighted by Gasteiger charge is -2.25. The molecule has 12 heteroatoms. The van der Waals surface area contributed by atoms with E-state index >= 15 is 0 Å². The van der Waals surface area contributed by atoms with Gasteiger partial charge in [0.15, 0.2) is 22.9 Å². The first kappa shape index (κ1) is 33.1. The van der Waals surface area contributed by atoms with E-state index in [0.29, 0.717) is 50.0 Å². The molecular weight excluding hydrogens is 627 g/mol. The number of halogens is 1. The molecule has 1 aromatic heterocycles. The van der Waals surface area contributed by atoms with Crippen LogP contribution in [0, 0.1) is 5.82 Å². The number of carbonyl (C=O) groups excluding carboxylic acids is 2. The quantitative estimate of drug-likeness (QED) is 0.205. The highest BCUT2D eigenvalue weighted by Crippen LogP contribution is 2.36. The molecule has 0 aliphatic carbocycles. The molecule has 10 nitrogen and oxygen atoms in total. The number of esters is 2. The smallest absolute Gasteiger partial charge is 0.343 e. The Labute approximate surface area is 274 Å². The number of allylic oxidation sites excluding steroid dienone is 1. The highest BCUT2D eigenvalue weighted by molar-refractivity contribution is 7.07. The molecule has 3 aromatic carbocycles. The average molecular weight is 661 g/mol. The number of rotatable bonds is 12. The lowest BCUT2D eigenvalue weighted by molar-refractivity contribution is -0.143. The number of methoxy groups -OCH3 is 1. The Morgan fingerprint density at radius 1 is 0.979 bits per heavy atom. The number of fused-ring (bicyclic) bond motifs is 1. The van der Waals surface area contributed by atoms with Gasteiger partial charge in [-0.25, -0.2) is 19.0 Å². The van der Waals surface area contributed by atoms with Gasteiger partial charge in [0.05, 0.1) is 42.2 Å². The molecule has 1 aliphatic heterocycles. The van der Waals surface area contributed by atoms with Gasteiger partial charge in [-0.3, -0.25) is 9.36 Å². The third-order valence-corrected chi connectivity index (χ3v) is 8.13. The van der Waals surface area contributed by atoms with Crippen molar-refractivity contribution in [3.05, 3.63) is 120 Å². The summed E-state index contributed by atoms with van der Waals surface area (Å²) in [6.07, 6.45) is 1.75. The maximum Gasteiger partial charge on any atom is 0.343 e. The lowest BCUT2D eigenvalue weighted by atomic mass is 9.95. The van der Waals surface area contributed by atoms with E-state index in [9.17, 15) is 18.8 Å². The van der Waals surface area contributed by atoms with Crippen LogP contribution in [0.25, 0.3) is 6.08 Å². The summed E-state index contributed by atoms with van der Waals surface area (Å²) in [6.45, 7) is 5.54. The highest BCUT2D eigenvalue weighted by atomic mass is 32.1. The van der Waals surface area contributed by atoms with Crippen LogP contribution in [-0.2, 0) is 25.7 Å². The molecule has 0 spiro atoms. The number of benzene rings is 3. The number of hydrogen-bond donors (Lipinski definition) is 0. The molecule has 0 saturated carbocycles. The number of hydrogen-bond acceptors (Lipinski definition) is 10. The summed E-state index contributed by atoms with van der Waals surface area (Å²) in [6, 6.07) is 17.5. The monoisotopic (exact) mass is 660 g/mol. The molecule has 5 rings (SSSR count). The van der Waals surface area contributed by atoms with Crippen LogP contribution in [0.5, 0.6) is 17.2 Å². The average Bonchev–Trinajstić information content (AvgIpc) is 3.36. The number of ether oxygens (including phenoxy) is 5. The zero-order valence-electron chi connectivity index (χ0n) is 26.3. The van der Waals surface area contributed by atoms with Gasteiger partial charge in [0.25, 0.3) is 5.56 Å². The third kappa shape index (κ3) is 7.60. The first-order valence-electron chi connectivity index (χ1n) is 14.9. The Hall–Kier alpha value is -5.23. The molecule has 4 aromatic rings. The van der Waals surface area contributed by atoms with Gasteiger partial charge in [0.1, 0.15) is 18.2 Å². The molecular formula is C35H33FN2O8S.